The molecule has 3 aliphatic heterocycles. The third kappa shape index (κ3) is 4.38. The topological polar surface area (TPSA) is 71.7 Å². The summed E-state index contributed by atoms with van der Waals surface area (Å²) in [7, 11) is 0. The van der Waals surface area contributed by atoms with Crippen molar-refractivity contribution in [3.8, 4) is 11.1 Å². The van der Waals surface area contributed by atoms with E-state index in [0.717, 1.165) is 63.0 Å². The zero-order valence-electron chi connectivity index (χ0n) is 18.8. The number of allylic oxidation sites excluding steroid dienone is 1. The Kier molecular flexibility index (Phi) is 5.88. The first-order chi connectivity index (χ1) is 15.7. The number of anilines is 2. The number of aromatic nitrogens is 2. The molecule has 0 saturated carbocycles. The molecular formula is C25H31N7. The molecule has 0 radical (unpaired) electrons. The van der Waals surface area contributed by atoms with E-state index in [4.69, 9.17) is 5.41 Å². The summed E-state index contributed by atoms with van der Waals surface area (Å²) < 4.78 is 0. The fourth-order valence-corrected chi connectivity index (χ4v) is 4.80. The second kappa shape index (κ2) is 9.10. The summed E-state index contributed by atoms with van der Waals surface area (Å²) in [5, 5.41) is 7.70. The lowest BCUT2D eigenvalue weighted by atomic mass is 10.1. The van der Waals surface area contributed by atoms with Gasteiger partial charge in [0.05, 0.1) is 6.54 Å². The summed E-state index contributed by atoms with van der Waals surface area (Å²) in [4.78, 5) is 21.1. The Balaban J connectivity index is 1.27. The quantitative estimate of drug-likeness (QED) is 0.710. The van der Waals surface area contributed by atoms with E-state index in [1.807, 2.05) is 19.3 Å². The van der Waals surface area contributed by atoms with Gasteiger partial charge in [0.2, 0.25) is 5.95 Å². The van der Waals surface area contributed by atoms with Gasteiger partial charge in [0.15, 0.2) is 0 Å². The average Bonchev–Trinajstić information content (AvgIpc) is 3.52. The van der Waals surface area contributed by atoms with E-state index < -0.39 is 0 Å². The number of rotatable bonds is 6. The summed E-state index contributed by atoms with van der Waals surface area (Å²) >= 11 is 0. The molecule has 7 nitrogen and oxygen atoms in total. The van der Waals surface area contributed by atoms with Crippen molar-refractivity contribution >= 4 is 23.1 Å². The first-order valence-corrected chi connectivity index (χ1v) is 11.6. The fourth-order valence-electron chi connectivity index (χ4n) is 4.80. The maximum absolute atomic E-state index is 7.70. The molecular weight excluding hydrogens is 398 g/mol. The molecule has 4 heterocycles. The van der Waals surface area contributed by atoms with Crippen LogP contribution in [0.1, 0.15) is 26.2 Å². The first kappa shape index (κ1) is 20.7. The molecule has 7 heteroatoms. The normalized spacial score (nSPS) is 18.7. The molecule has 2 fully saturated rings. The van der Waals surface area contributed by atoms with Crippen LogP contribution in [-0.4, -0.2) is 72.1 Å². The van der Waals surface area contributed by atoms with Crippen molar-refractivity contribution in [2.24, 2.45) is 4.99 Å². The Labute approximate surface area is 190 Å². The fraction of sp³-hybridized carbons (Fsp3) is 0.440. The van der Waals surface area contributed by atoms with Gasteiger partial charge in [-0.25, -0.2) is 9.97 Å². The van der Waals surface area contributed by atoms with E-state index in [2.05, 4.69) is 60.0 Å². The molecule has 1 aromatic carbocycles. The van der Waals surface area contributed by atoms with Gasteiger partial charge < -0.3 is 20.1 Å². The maximum Gasteiger partial charge on any atom is 0.225 e. The molecule has 1 N–H and O–H groups in total. The highest BCUT2D eigenvalue weighted by atomic mass is 15.3. The van der Waals surface area contributed by atoms with E-state index in [9.17, 15) is 0 Å². The zero-order chi connectivity index (χ0) is 21.9. The molecule has 0 aliphatic carbocycles. The molecule has 2 aromatic rings. The average molecular weight is 430 g/mol. The summed E-state index contributed by atoms with van der Waals surface area (Å²) in [6.45, 7) is 8.62. The van der Waals surface area contributed by atoms with Gasteiger partial charge in [-0.3, -0.25) is 4.99 Å². The predicted molar refractivity (Wildman–Crippen MR) is 131 cm³/mol. The Bertz CT molecular complexity index is 1030. The van der Waals surface area contributed by atoms with Crippen LogP contribution in [0.4, 0.5) is 11.6 Å². The lowest BCUT2D eigenvalue weighted by Crippen LogP contribution is -2.46. The number of benzene rings is 1. The van der Waals surface area contributed by atoms with Gasteiger partial charge in [-0.1, -0.05) is 18.2 Å². The summed E-state index contributed by atoms with van der Waals surface area (Å²) in [6.07, 6.45) is 9.25. The third-order valence-electron chi connectivity index (χ3n) is 6.49. The molecule has 2 saturated heterocycles. The second-order valence-corrected chi connectivity index (χ2v) is 8.86. The van der Waals surface area contributed by atoms with Crippen LogP contribution in [0.3, 0.4) is 0 Å². The molecule has 32 heavy (non-hydrogen) atoms. The molecule has 0 unspecified atom stereocenters. The molecule has 0 amide bonds. The number of para-hydroxylation sites is 1. The maximum atomic E-state index is 7.70. The van der Waals surface area contributed by atoms with Gasteiger partial charge in [0.25, 0.3) is 0 Å². The molecule has 0 bridgehead atoms. The number of aliphatic imine (C=N–C) groups is 1. The van der Waals surface area contributed by atoms with Crippen molar-refractivity contribution in [2.75, 3.05) is 55.6 Å². The number of hydrogen-bond acceptors (Lipinski definition) is 7. The van der Waals surface area contributed by atoms with Crippen LogP contribution in [0.2, 0.25) is 0 Å². The van der Waals surface area contributed by atoms with E-state index in [1.165, 1.54) is 29.8 Å². The van der Waals surface area contributed by atoms with E-state index in [1.54, 1.807) is 0 Å². The van der Waals surface area contributed by atoms with Gasteiger partial charge in [0, 0.05) is 92.0 Å². The smallest absolute Gasteiger partial charge is 0.225 e. The van der Waals surface area contributed by atoms with Gasteiger partial charge in [0.1, 0.15) is 0 Å². The largest absolute Gasteiger partial charge is 0.370 e. The summed E-state index contributed by atoms with van der Waals surface area (Å²) in [6, 6.07) is 8.60. The monoisotopic (exact) mass is 429 g/mol. The van der Waals surface area contributed by atoms with E-state index in [0.29, 0.717) is 12.1 Å². The van der Waals surface area contributed by atoms with Crippen LogP contribution in [-0.2, 0) is 0 Å². The van der Waals surface area contributed by atoms with Crippen LogP contribution >= 0.6 is 0 Å². The highest BCUT2D eigenvalue weighted by Gasteiger charge is 2.23. The summed E-state index contributed by atoms with van der Waals surface area (Å²) in [5.74, 6) is 0.849. The van der Waals surface area contributed by atoms with Crippen LogP contribution in [0.15, 0.2) is 53.4 Å². The Morgan fingerprint density at radius 1 is 0.906 bits per heavy atom. The van der Waals surface area contributed by atoms with E-state index >= 15 is 0 Å². The van der Waals surface area contributed by atoms with Crippen molar-refractivity contribution in [3.63, 3.8) is 0 Å². The van der Waals surface area contributed by atoms with Gasteiger partial charge in [-0.2, -0.15) is 0 Å². The number of piperazine rings is 1. The van der Waals surface area contributed by atoms with Crippen molar-refractivity contribution in [1.29, 1.82) is 5.41 Å². The SMILES string of the molecule is CC(=N)CC1=NCC(N2CCN(c3ccccc3-c3cnc(N4CCCC4)nc3)CC2)=C1. The first-order valence-electron chi connectivity index (χ1n) is 11.6. The molecule has 3 aliphatic rings. The van der Waals surface area contributed by atoms with Crippen molar-refractivity contribution in [2.45, 2.75) is 26.2 Å². The van der Waals surface area contributed by atoms with Crippen LogP contribution in [0.5, 0.6) is 0 Å². The number of hydrogen-bond donors (Lipinski definition) is 1. The van der Waals surface area contributed by atoms with Crippen molar-refractivity contribution in [1.82, 2.24) is 14.9 Å². The Hall–Kier alpha value is -3.22. The van der Waals surface area contributed by atoms with Gasteiger partial charge in [-0.15, -0.1) is 0 Å². The molecule has 0 spiro atoms. The minimum Gasteiger partial charge on any atom is -0.370 e. The van der Waals surface area contributed by atoms with Crippen LogP contribution in [0.25, 0.3) is 11.1 Å². The Morgan fingerprint density at radius 2 is 1.59 bits per heavy atom. The Morgan fingerprint density at radius 3 is 2.31 bits per heavy atom. The number of nitrogens with zero attached hydrogens (tertiary/aromatic N) is 6. The minimum absolute atomic E-state index is 0.662. The number of nitrogens with one attached hydrogen (secondary N) is 1. The van der Waals surface area contributed by atoms with Crippen LogP contribution in [0, 0.1) is 5.41 Å². The predicted octanol–water partition coefficient (Wildman–Crippen LogP) is 3.63. The third-order valence-corrected chi connectivity index (χ3v) is 6.49. The molecule has 166 valence electrons. The molecule has 5 rings (SSSR count). The summed E-state index contributed by atoms with van der Waals surface area (Å²) in [5.41, 5.74) is 6.52. The van der Waals surface area contributed by atoms with Gasteiger partial charge >= 0.3 is 0 Å². The van der Waals surface area contributed by atoms with E-state index in [-0.39, 0.29) is 0 Å². The lowest BCUT2D eigenvalue weighted by Gasteiger charge is -2.38. The standard InChI is InChI=1S/C25H31N7/c1-19(26)14-21-15-22(18-27-21)30-10-12-31(13-11-30)24-7-3-2-6-23(24)20-16-28-25(29-17-20)32-8-4-5-9-32/h2-3,6-7,15-17,26H,4-5,8-14,18H2,1H3. The second-order valence-electron chi connectivity index (χ2n) is 8.86. The molecule has 0 atom stereocenters. The zero-order valence-corrected chi connectivity index (χ0v) is 18.8. The highest BCUT2D eigenvalue weighted by molar-refractivity contribution is 6.09. The minimum atomic E-state index is 0.662. The molecule has 1 aromatic heterocycles. The highest BCUT2D eigenvalue weighted by Crippen LogP contribution is 2.32. The lowest BCUT2D eigenvalue weighted by molar-refractivity contribution is 0.320. The van der Waals surface area contributed by atoms with Gasteiger partial charge in [-0.05, 0) is 31.9 Å². The van der Waals surface area contributed by atoms with Crippen molar-refractivity contribution in [3.05, 3.63) is 48.4 Å². The van der Waals surface area contributed by atoms with Crippen molar-refractivity contribution < 1.29 is 0 Å². The van der Waals surface area contributed by atoms with Crippen LogP contribution < -0.4 is 9.80 Å².